The van der Waals surface area contributed by atoms with E-state index in [9.17, 15) is 4.79 Å². The maximum atomic E-state index is 12.3. The topological polar surface area (TPSA) is 50.4 Å². The predicted octanol–water partition coefficient (Wildman–Crippen LogP) is 3.73. The molecule has 1 aromatic heterocycles. The lowest BCUT2D eigenvalue weighted by Crippen LogP contribution is -2.37. The molecular weight excluding hydrogens is 356 g/mol. The van der Waals surface area contributed by atoms with Gasteiger partial charge in [0.05, 0.1) is 19.2 Å². The summed E-state index contributed by atoms with van der Waals surface area (Å²) in [6.07, 6.45) is 0. The van der Waals surface area contributed by atoms with Crippen LogP contribution in [0.2, 0.25) is 0 Å². The summed E-state index contributed by atoms with van der Waals surface area (Å²) < 4.78 is 4.97. The molecule has 0 aliphatic carbocycles. The van der Waals surface area contributed by atoms with Gasteiger partial charge in [-0.2, -0.15) is 0 Å². The fraction of sp³-hybridized carbons (Fsp3) is 0.421. The lowest BCUT2D eigenvalue weighted by molar-refractivity contribution is -0.120. The molecule has 2 N–H and O–H groups in total. The van der Waals surface area contributed by atoms with Crippen LogP contribution in [0.1, 0.15) is 41.8 Å². The molecule has 138 valence electrons. The maximum absolute atomic E-state index is 12.3. The average Bonchev–Trinajstić information content (AvgIpc) is 3.11. The van der Waals surface area contributed by atoms with Crippen molar-refractivity contribution < 1.29 is 9.53 Å². The average molecular weight is 383 g/mol. The van der Waals surface area contributed by atoms with Crippen molar-refractivity contribution in [2.75, 3.05) is 26.8 Å². The van der Waals surface area contributed by atoms with Crippen molar-refractivity contribution in [3.8, 4) is 0 Å². The number of methoxy groups -OCH3 is 1. The summed E-state index contributed by atoms with van der Waals surface area (Å²) in [6.45, 7) is 5.91. The first kappa shape index (κ1) is 21.6. The summed E-state index contributed by atoms with van der Waals surface area (Å²) >= 11 is 1.66. The van der Waals surface area contributed by atoms with Gasteiger partial charge in [0.15, 0.2) is 0 Å². The number of amides is 1. The third-order valence-corrected chi connectivity index (χ3v) is 4.78. The minimum Gasteiger partial charge on any atom is -0.383 e. The molecule has 0 radical (unpaired) electrons. The quantitative estimate of drug-likeness (QED) is 0.649. The fourth-order valence-corrected chi connectivity index (χ4v) is 3.24. The molecule has 1 heterocycles. The summed E-state index contributed by atoms with van der Waals surface area (Å²) in [5, 5.41) is 8.24. The molecule has 0 aliphatic heterocycles. The van der Waals surface area contributed by atoms with Crippen LogP contribution in [-0.2, 0) is 9.53 Å². The molecule has 2 aromatic rings. The number of ether oxygens (including phenoxy) is 1. The monoisotopic (exact) mass is 382 g/mol. The Hall–Kier alpha value is -1.40. The predicted molar refractivity (Wildman–Crippen MR) is 107 cm³/mol. The Morgan fingerprint density at radius 1 is 1.16 bits per heavy atom. The number of benzene rings is 1. The summed E-state index contributed by atoms with van der Waals surface area (Å²) in [4.78, 5) is 13.4. The molecule has 2 rings (SSSR count). The molecule has 0 aliphatic rings. The molecule has 0 saturated heterocycles. The van der Waals surface area contributed by atoms with Crippen molar-refractivity contribution >= 4 is 29.7 Å². The van der Waals surface area contributed by atoms with E-state index in [-0.39, 0.29) is 30.9 Å². The zero-order valence-corrected chi connectivity index (χ0v) is 16.6. The van der Waals surface area contributed by atoms with Gasteiger partial charge in [-0.15, -0.1) is 23.7 Å². The van der Waals surface area contributed by atoms with Crippen LogP contribution in [0.15, 0.2) is 41.8 Å². The van der Waals surface area contributed by atoms with Gasteiger partial charge in [-0.05, 0) is 28.5 Å². The Labute approximate surface area is 160 Å². The second-order valence-corrected chi connectivity index (χ2v) is 6.99. The first-order valence-electron chi connectivity index (χ1n) is 8.24. The van der Waals surface area contributed by atoms with E-state index in [1.54, 1.807) is 18.4 Å². The smallest absolute Gasteiger partial charge is 0.234 e. The second-order valence-electron chi connectivity index (χ2n) is 6.01. The number of nitrogens with one attached hydrogen (secondary N) is 2. The van der Waals surface area contributed by atoms with Crippen LogP contribution in [0.5, 0.6) is 0 Å². The van der Waals surface area contributed by atoms with E-state index >= 15 is 0 Å². The van der Waals surface area contributed by atoms with Gasteiger partial charge in [-0.25, -0.2) is 0 Å². The zero-order chi connectivity index (χ0) is 17.4. The fourth-order valence-electron chi connectivity index (χ4n) is 2.44. The lowest BCUT2D eigenvalue weighted by atomic mass is 9.98. The molecule has 0 fully saturated rings. The van der Waals surface area contributed by atoms with Crippen LogP contribution in [-0.4, -0.2) is 32.7 Å². The molecule has 25 heavy (non-hydrogen) atoms. The van der Waals surface area contributed by atoms with Gasteiger partial charge < -0.3 is 15.4 Å². The van der Waals surface area contributed by atoms with Crippen molar-refractivity contribution in [2.24, 2.45) is 0 Å². The standard InChI is InChI=1S/C19H26N2O2S.ClH/c1-14(2)15-6-8-16(9-7-15)19(17-5-4-12-24-17)21-18(22)13-20-10-11-23-3;/h4-9,12,14,19-20H,10-11,13H2,1-3H3,(H,21,22);1H. The Bertz CT molecular complexity index is 615. The van der Waals surface area contributed by atoms with Gasteiger partial charge >= 0.3 is 0 Å². The van der Waals surface area contributed by atoms with E-state index in [1.807, 2.05) is 11.4 Å². The Morgan fingerprint density at radius 3 is 2.40 bits per heavy atom. The number of halogens is 1. The Morgan fingerprint density at radius 2 is 1.84 bits per heavy atom. The van der Waals surface area contributed by atoms with Crippen molar-refractivity contribution in [3.63, 3.8) is 0 Å². The SMILES string of the molecule is COCCNCC(=O)NC(c1ccc(C(C)C)cc1)c1cccs1.Cl. The van der Waals surface area contributed by atoms with E-state index in [4.69, 9.17) is 4.74 Å². The lowest BCUT2D eigenvalue weighted by Gasteiger charge is -2.19. The van der Waals surface area contributed by atoms with Crippen molar-refractivity contribution in [1.82, 2.24) is 10.6 Å². The van der Waals surface area contributed by atoms with Crippen molar-refractivity contribution in [1.29, 1.82) is 0 Å². The van der Waals surface area contributed by atoms with Crippen LogP contribution < -0.4 is 10.6 Å². The summed E-state index contributed by atoms with van der Waals surface area (Å²) in [5.74, 6) is 0.483. The van der Waals surface area contributed by atoms with Crippen LogP contribution in [0, 0.1) is 0 Å². The first-order chi connectivity index (χ1) is 11.6. The summed E-state index contributed by atoms with van der Waals surface area (Å²) in [7, 11) is 1.65. The molecule has 1 atom stereocenters. The van der Waals surface area contributed by atoms with Gasteiger partial charge in [0.1, 0.15) is 0 Å². The normalized spacial score (nSPS) is 11.8. The Kier molecular flexibility index (Phi) is 9.75. The van der Waals surface area contributed by atoms with Crippen LogP contribution in [0.3, 0.4) is 0 Å². The third-order valence-electron chi connectivity index (χ3n) is 3.84. The minimum absolute atomic E-state index is 0. The molecule has 0 spiro atoms. The highest BCUT2D eigenvalue weighted by Crippen LogP contribution is 2.27. The van der Waals surface area contributed by atoms with E-state index in [2.05, 4.69) is 54.8 Å². The molecule has 0 saturated carbocycles. The van der Waals surface area contributed by atoms with Crippen molar-refractivity contribution in [2.45, 2.75) is 25.8 Å². The number of carbonyl (C=O) groups excluding carboxylic acids is 1. The number of rotatable bonds is 9. The van der Waals surface area contributed by atoms with Gasteiger partial charge in [-0.3, -0.25) is 4.79 Å². The number of hydrogen-bond donors (Lipinski definition) is 2. The van der Waals surface area contributed by atoms with Crippen LogP contribution >= 0.6 is 23.7 Å². The van der Waals surface area contributed by atoms with Crippen LogP contribution in [0.4, 0.5) is 0 Å². The van der Waals surface area contributed by atoms with E-state index in [0.717, 1.165) is 10.4 Å². The molecule has 0 bridgehead atoms. The van der Waals surface area contributed by atoms with Gasteiger partial charge in [-0.1, -0.05) is 44.2 Å². The number of hydrogen-bond acceptors (Lipinski definition) is 4. The largest absolute Gasteiger partial charge is 0.383 e. The van der Waals surface area contributed by atoms with Gasteiger partial charge in [0, 0.05) is 18.5 Å². The highest BCUT2D eigenvalue weighted by Gasteiger charge is 2.17. The number of thiophene rings is 1. The van der Waals surface area contributed by atoms with Crippen molar-refractivity contribution in [3.05, 3.63) is 57.8 Å². The van der Waals surface area contributed by atoms with E-state index < -0.39 is 0 Å². The Balaban J connectivity index is 0.00000312. The molecule has 1 amide bonds. The highest BCUT2D eigenvalue weighted by atomic mass is 35.5. The molecule has 1 unspecified atom stereocenters. The summed E-state index contributed by atoms with van der Waals surface area (Å²) in [6, 6.07) is 12.5. The minimum atomic E-state index is -0.108. The summed E-state index contributed by atoms with van der Waals surface area (Å²) in [5.41, 5.74) is 2.41. The van der Waals surface area contributed by atoms with Gasteiger partial charge in [0.25, 0.3) is 0 Å². The number of carbonyl (C=O) groups is 1. The molecule has 1 aromatic carbocycles. The highest BCUT2D eigenvalue weighted by molar-refractivity contribution is 7.10. The third kappa shape index (κ3) is 6.78. The molecular formula is C19H27ClN2O2S. The molecule has 6 heteroatoms. The molecule has 4 nitrogen and oxygen atoms in total. The maximum Gasteiger partial charge on any atom is 0.234 e. The first-order valence-corrected chi connectivity index (χ1v) is 9.12. The van der Waals surface area contributed by atoms with E-state index in [0.29, 0.717) is 19.1 Å². The van der Waals surface area contributed by atoms with Crippen LogP contribution in [0.25, 0.3) is 0 Å². The van der Waals surface area contributed by atoms with Gasteiger partial charge in [0.2, 0.25) is 5.91 Å². The zero-order valence-electron chi connectivity index (χ0n) is 15.0. The second kappa shape index (κ2) is 11.3. The van der Waals surface area contributed by atoms with E-state index in [1.165, 1.54) is 5.56 Å².